The third-order valence-corrected chi connectivity index (χ3v) is 6.69. The molecule has 1 aliphatic rings. The van der Waals surface area contributed by atoms with E-state index < -0.39 is 0 Å². The van der Waals surface area contributed by atoms with Crippen molar-refractivity contribution in [3.63, 3.8) is 0 Å². The molecule has 4 nitrogen and oxygen atoms in total. The molecular weight excluding hydrogens is 338 g/mol. The van der Waals surface area contributed by atoms with Gasteiger partial charge in [-0.3, -0.25) is 0 Å². The molecule has 0 unspecified atom stereocenters. The lowest BCUT2D eigenvalue weighted by molar-refractivity contribution is 0.0728. The molecule has 124 valence electrons. The third kappa shape index (κ3) is 3.61. The summed E-state index contributed by atoms with van der Waals surface area (Å²) in [6, 6.07) is 8.39. The summed E-state index contributed by atoms with van der Waals surface area (Å²) in [6.07, 6.45) is 4.34. The van der Waals surface area contributed by atoms with Crippen LogP contribution in [0.3, 0.4) is 0 Å². The zero-order chi connectivity index (χ0) is 16.4. The van der Waals surface area contributed by atoms with Gasteiger partial charge in [-0.15, -0.1) is 11.3 Å². The monoisotopic (exact) mass is 357 g/mol. The van der Waals surface area contributed by atoms with Gasteiger partial charge in [0, 0.05) is 30.5 Å². The van der Waals surface area contributed by atoms with Crippen LogP contribution in [0.2, 0.25) is 0 Å². The van der Waals surface area contributed by atoms with Gasteiger partial charge in [0.25, 0.3) is 0 Å². The largest absolute Gasteiger partial charge is 0.381 e. The first kappa shape index (κ1) is 16.0. The Kier molecular flexibility index (Phi) is 4.78. The molecule has 6 heteroatoms. The zero-order valence-corrected chi connectivity index (χ0v) is 15.2. The van der Waals surface area contributed by atoms with Crippen LogP contribution < -0.4 is 0 Å². The topological polar surface area (TPSA) is 47.9 Å². The number of aromatic nitrogens is 3. The molecule has 2 aromatic heterocycles. The highest BCUT2D eigenvalue weighted by molar-refractivity contribution is 8.01. The minimum absolute atomic E-state index is 0.762. The van der Waals surface area contributed by atoms with Crippen LogP contribution >= 0.6 is 23.1 Å². The van der Waals surface area contributed by atoms with Crippen molar-refractivity contribution < 1.29 is 4.74 Å². The van der Waals surface area contributed by atoms with Gasteiger partial charge < -0.3 is 4.74 Å². The molecule has 1 aliphatic heterocycles. The van der Waals surface area contributed by atoms with E-state index in [-0.39, 0.29) is 0 Å². The lowest BCUT2D eigenvalue weighted by Gasteiger charge is -2.20. The van der Waals surface area contributed by atoms with Gasteiger partial charge >= 0.3 is 0 Å². The van der Waals surface area contributed by atoms with Gasteiger partial charge in [-0.05, 0) is 49.4 Å². The SMILES string of the molecule is Cc1cc2cc(-c3cnc(SCC4CCOCC4)s3)ccc2nn1. The second-order valence-electron chi connectivity index (χ2n) is 6.12. The first-order valence-electron chi connectivity index (χ1n) is 8.19. The van der Waals surface area contributed by atoms with Crippen molar-refractivity contribution in [2.75, 3.05) is 19.0 Å². The highest BCUT2D eigenvalue weighted by Gasteiger charge is 2.15. The average Bonchev–Trinajstić information content (AvgIpc) is 3.09. The fraction of sp³-hybridized carbons (Fsp3) is 0.389. The zero-order valence-electron chi connectivity index (χ0n) is 13.6. The Morgan fingerprint density at radius 2 is 2.08 bits per heavy atom. The summed E-state index contributed by atoms with van der Waals surface area (Å²) in [5, 5.41) is 9.47. The second-order valence-corrected chi connectivity index (χ2v) is 8.41. The van der Waals surface area contributed by atoms with Crippen LogP contribution in [0.1, 0.15) is 18.5 Å². The number of rotatable bonds is 4. The van der Waals surface area contributed by atoms with Crippen molar-refractivity contribution in [3.05, 3.63) is 36.2 Å². The number of hydrogen-bond acceptors (Lipinski definition) is 6. The number of benzene rings is 1. The summed E-state index contributed by atoms with van der Waals surface area (Å²) in [7, 11) is 0. The van der Waals surface area contributed by atoms with Gasteiger partial charge in [0.15, 0.2) is 0 Å². The molecule has 0 atom stereocenters. The molecule has 0 radical (unpaired) electrons. The maximum absolute atomic E-state index is 5.43. The van der Waals surface area contributed by atoms with Gasteiger partial charge in [0.1, 0.15) is 4.34 Å². The molecule has 0 N–H and O–H groups in total. The maximum Gasteiger partial charge on any atom is 0.150 e. The van der Waals surface area contributed by atoms with Crippen molar-refractivity contribution in [1.82, 2.24) is 15.2 Å². The number of aryl methyl sites for hydroxylation is 1. The minimum Gasteiger partial charge on any atom is -0.381 e. The minimum atomic E-state index is 0.762. The van der Waals surface area contributed by atoms with Gasteiger partial charge in [-0.25, -0.2) is 4.98 Å². The average molecular weight is 358 g/mol. The van der Waals surface area contributed by atoms with Crippen molar-refractivity contribution in [3.8, 4) is 10.4 Å². The van der Waals surface area contributed by atoms with Crippen molar-refractivity contribution in [2.45, 2.75) is 24.1 Å². The van der Waals surface area contributed by atoms with E-state index in [0.717, 1.165) is 45.8 Å². The normalized spacial score (nSPS) is 15.9. The maximum atomic E-state index is 5.43. The molecule has 1 fully saturated rings. The van der Waals surface area contributed by atoms with E-state index in [1.807, 2.05) is 30.9 Å². The molecule has 0 bridgehead atoms. The molecule has 4 rings (SSSR count). The summed E-state index contributed by atoms with van der Waals surface area (Å²) in [5.74, 6) is 1.90. The van der Waals surface area contributed by atoms with E-state index in [1.165, 1.54) is 23.3 Å². The van der Waals surface area contributed by atoms with Crippen LogP contribution in [0.25, 0.3) is 21.3 Å². The van der Waals surface area contributed by atoms with E-state index in [1.54, 1.807) is 11.3 Å². The first-order chi connectivity index (χ1) is 11.8. The number of nitrogens with zero attached hydrogens (tertiary/aromatic N) is 3. The van der Waals surface area contributed by atoms with Crippen LogP contribution in [-0.4, -0.2) is 34.1 Å². The molecular formula is C18H19N3OS2. The van der Waals surface area contributed by atoms with Crippen molar-refractivity contribution >= 4 is 34.0 Å². The molecule has 24 heavy (non-hydrogen) atoms. The Balaban J connectivity index is 1.49. The van der Waals surface area contributed by atoms with E-state index >= 15 is 0 Å². The van der Waals surface area contributed by atoms with Crippen LogP contribution in [0, 0.1) is 12.8 Å². The Morgan fingerprint density at radius 3 is 2.96 bits per heavy atom. The van der Waals surface area contributed by atoms with Crippen LogP contribution in [0.4, 0.5) is 0 Å². The Morgan fingerprint density at radius 1 is 1.21 bits per heavy atom. The van der Waals surface area contributed by atoms with Crippen LogP contribution in [-0.2, 0) is 4.74 Å². The summed E-state index contributed by atoms with van der Waals surface area (Å²) >= 11 is 3.65. The van der Waals surface area contributed by atoms with E-state index in [4.69, 9.17) is 4.74 Å². The van der Waals surface area contributed by atoms with Crippen molar-refractivity contribution in [1.29, 1.82) is 0 Å². The molecule has 1 saturated heterocycles. The molecule has 0 spiro atoms. The second kappa shape index (κ2) is 7.17. The third-order valence-electron chi connectivity index (χ3n) is 4.26. The van der Waals surface area contributed by atoms with Gasteiger partial charge in [-0.1, -0.05) is 17.8 Å². The molecule has 0 amide bonds. The standard InChI is InChI=1S/C18H19N3OS2/c1-12-8-15-9-14(2-3-16(15)21-20-12)17-10-19-18(24-17)23-11-13-4-6-22-7-5-13/h2-3,8-10,13H,4-7,11H2,1H3. The summed E-state index contributed by atoms with van der Waals surface area (Å²) in [5.41, 5.74) is 3.07. The first-order valence-corrected chi connectivity index (χ1v) is 9.99. The van der Waals surface area contributed by atoms with Gasteiger partial charge in [0.05, 0.1) is 16.1 Å². The molecule has 3 aromatic rings. The van der Waals surface area contributed by atoms with E-state index in [0.29, 0.717) is 0 Å². The Bertz CT molecular complexity index is 843. The number of hydrogen-bond donors (Lipinski definition) is 0. The van der Waals surface area contributed by atoms with E-state index in [9.17, 15) is 0 Å². The van der Waals surface area contributed by atoms with Crippen molar-refractivity contribution in [2.24, 2.45) is 5.92 Å². The number of ether oxygens (including phenoxy) is 1. The summed E-state index contributed by atoms with van der Waals surface area (Å²) in [6.45, 7) is 3.79. The molecule has 1 aromatic carbocycles. The lowest BCUT2D eigenvalue weighted by atomic mass is 10.0. The lowest BCUT2D eigenvalue weighted by Crippen LogP contribution is -2.17. The quantitative estimate of drug-likeness (QED) is 0.640. The smallest absolute Gasteiger partial charge is 0.150 e. The highest BCUT2D eigenvalue weighted by atomic mass is 32.2. The van der Waals surface area contributed by atoms with Crippen LogP contribution in [0.15, 0.2) is 34.8 Å². The Labute approximate surface area is 149 Å². The summed E-state index contributed by atoms with van der Waals surface area (Å²) in [4.78, 5) is 5.81. The predicted octanol–water partition coefficient (Wildman–Crippen LogP) is 4.58. The Hall–Kier alpha value is -1.50. The fourth-order valence-corrected chi connectivity index (χ4v) is 5.05. The van der Waals surface area contributed by atoms with Gasteiger partial charge in [0.2, 0.25) is 0 Å². The van der Waals surface area contributed by atoms with E-state index in [2.05, 4.69) is 33.4 Å². The van der Waals surface area contributed by atoms with Gasteiger partial charge in [-0.2, -0.15) is 10.2 Å². The molecule has 3 heterocycles. The molecule has 0 saturated carbocycles. The molecule has 0 aliphatic carbocycles. The fourth-order valence-electron chi connectivity index (χ4n) is 2.86. The number of thiazole rings is 1. The summed E-state index contributed by atoms with van der Waals surface area (Å²) < 4.78 is 6.58. The number of fused-ring (bicyclic) bond motifs is 1. The predicted molar refractivity (Wildman–Crippen MR) is 99.7 cm³/mol. The highest BCUT2D eigenvalue weighted by Crippen LogP contribution is 2.34. The van der Waals surface area contributed by atoms with Crippen LogP contribution in [0.5, 0.6) is 0 Å². The number of thioether (sulfide) groups is 1.